The van der Waals surface area contributed by atoms with E-state index in [0.717, 1.165) is 58.9 Å². The molecular weight excluding hydrogens is 388 g/mol. The van der Waals surface area contributed by atoms with Gasteiger partial charge in [-0.2, -0.15) is 0 Å². The molecule has 1 aromatic carbocycles. The molecule has 4 nitrogen and oxygen atoms in total. The maximum absolute atomic E-state index is 6.49. The number of aryl methyl sites for hydroxylation is 1. The number of benzene rings is 1. The molecule has 28 heavy (non-hydrogen) atoms. The van der Waals surface area contributed by atoms with Crippen molar-refractivity contribution in [2.45, 2.75) is 26.4 Å². The number of hydrogen-bond acceptors (Lipinski definition) is 5. The summed E-state index contributed by atoms with van der Waals surface area (Å²) < 4.78 is 0. The van der Waals surface area contributed by atoms with E-state index in [2.05, 4.69) is 57.5 Å². The summed E-state index contributed by atoms with van der Waals surface area (Å²) in [5.41, 5.74) is 5.57. The van der Waals surface area contributed by atoms with Gasteiger partial charge in [0.05, 0.1) is 16.1 Å². The number of nitrogens with zero attached hydrogens (tertiary/aromatic N) is 4. The highest BCUT2D eigenvalue weighted by Gasteiger charge is 2.20. The van der Waals surface area contributed by atoms with Gasteiger partial charge in [-0.3, -0.25) is 4.90 Å². The molecule has 0 bridgehead atoms. The molecule has 3 aromatic heterocycles. The van der Waals surface area contributed by atoms with Crippen molar-refractivity contribution >= 4 is 33.8 Å². The van der Waals surface area contributed by atoms with Crippen molar-refractivity contribution in [1.29, 1.82) is 0 Å². The Hall–Kier alpha value is -2.34. The van der Waals surface area contributed by atoms with Crippen molar-refractivity contribution in [3.8, 4) is 10.7 Å². The van der Waals surface area contributed by atoms with Crippen LogP contribution in [-0.2, 0) is 19.5 Å². The summed E-state index contributed by atoms with van der Waals surface area (Å²) in [6, 6.07) is 12.6. The van der Waals surface area contributed by atoms with Crippen molar-refractivity contribution in [3.63, 3.8) is 0 Å². The zero-order valence-electron chi connectivity index (χ0n) is 15.5. The molecule has 0 amide bonds. The standard InChI is InChI=1S/C22H19ClN4S/c1-14-4-5-15-10-16(21(23)25-19(15)9-14)12-27-7-6-18-17(13-27)11-24-22(26-18)20-3-2-8-28-20/h2-5,8-11H,6-7,12-13H2,1H3. The molecule has 0 unspecified atom stereocenters. The molecule has 0 aliphatic carbocycles. The maximum Gasteiger partial charge on any atom is 0.169 e. The highest BCUT2D eigenvalue weighted by Crippen LogP contribution is 2.27. The van der Waals surface area contributed by atoms with Crippen molar-refractivity contribution in [2.75, 3.05) is 6.54 Å². The normalized spacial score (nSPS) is 14.4. The minimum Gasteiger partial charge on any atom is -0.294 e. The summed E-state index contributed by atoms with van der Waals surface area (Å²) >= 11 is 8.17. The van der Waals surface area contributed by atoms with Gasteiger partial charge in [0.1, 0.15) is 5.15 Å². The van der Waals surface area contributed by atoms with Crippen molar-refractivity contribution in [2.24, 2.45) is 0 Å². The van der Waals surface area contributed by atoms with E-state index < -0.39 is 0 Å². The second-order valence-corrected chi connectivity index (χ2v) is 8.54. The average molecular weight is 407 g/mol. The first-order valence-corrected chi connectivity index (χ1v) is 10.6. The van der Waals surface area contributed by atoms with Crippen LogP contribution in [0.4, 0.5) is 0 Å². The Kier molecular flexibility index (Phi) is 4.59. The van der Waals surface area contributed by atoms with Gasteiger partial charge in [0, 0.05) is 48.8 Å². The first-order valence-electron chi connectivity index (χ1n) is 9.32. The van der Waals surface area contributed by atoms with Gasteiger partial charge < -0.3 is 0 Å². The van der Waals surface area contributed by atoms with Crippen LogP contribution in [-0.4, -0.2) is 26.4 Å². The van der Waals surface area contributed by atoms with Crippen LogP contribution in [0.15, 0.2) is 48.0 Å². The predicted octanol–water partition coefficient (Wildman–Crippen LogP) is 5.27. The third kappa shape index (κ3) is 3.41. The molecule has 0 saturated carbocycles. The van der Waals surface area contributed by atoms with E-state index in [-0.39, 0.29) is 0 Å². The van der Waals surface area contributed by atoms with Gasteiger partial charge in [-0.25, -0.2) is 15.0 Å². The fraction of sp³-hybridized carbons (Fsp3) is 0.227. The Labute approximate surface area is 172 Å². The minimum absolute atomic E-state index is 0.591. The second kappa shape index (κ2) is 7.24. The number of fused-ring (bicyclic) bond motifs is 2. The first-order chi connectivity index (χ1) is 13.7. The van der Waals surface area contributed by atoms with Crippen LogP contribution >= 0.6 is 22.9 Å². The molecule has 0 atom stereocenters. The summed E-state index contributed by atoms with van der Waals surface area (Å²) in [6.07, 6.45) is 2.90. The van der Waals surface area contributed by atoms with E-state index in [1.807, 2.05) is 12.3 Å². The van der Waals surface area contributed by atoms with Crippen LogP contribution in [0.2, 0.25) is 5.15 Å². The molecule has 0 radical (unpaired) electrons. The van der Waals surface area contributed by atoms with Crippen LogP contribution in [0.3, 0.4) is 0 Å². The van der Waals surface area contributed by atoms with E-state index in [0.29, 0.717) is 5.15 Å². The van der Waals surface area contributed by atoms with Gasteiger partial charge in [-0.05, 0) is 36.1 Å². The smallest absolute Gasteiger partial charge is 0.169 e. The van der Waals surface area contributed by atoms with E-state index in [9.17, 15) is 0 Å². The molecule has 1 aliphatic rings. The van der Waals surface area contributed by atoms with Gasteiger partial charge in [0.25, 0.3) is 0 Å². The Bertz CT molecular complexity index is 1160. The maximum atomic E-state index is 6.49. The fourth-order valence-corrected chi connectivity index (χ4v) is 4.55. The lowest BCUT2D eigenvalue weighted by molar-refractivity contribution is 0.243. The van der Waals surface area contributed by atoms with Crippen molar-refractivity contribution < 1.29 is 0 Å². The monoisotopic (exact) mass is 406 g/mol. The van der Waals surface area contributed by atoms with Crippen LogP contribution in [0.25, 0.3) is 21.6 Å². The molecule has 1 aliphatic heterocycles. The number of rotatable bonds is 3. The molecule has 4 heterocycles. The fourth-order valence-electron chi connectivity index (χ4n) is 3.68. The van der Waals surface area contributed by atoms with Crippen molar-refractivity contribution in [1.82, 2.24) is 19.9 Å². The summed E-state index contributed by atoms with van der Waals surface area (Å²) in [5, 5.41) is 3.78. The molecule has 0 spiro atoms. The zero-order chi connectivity index (χ0) is 19.1. The topological polar surface area (TPSA) is 41.9 Å². The Morgan fingerprint density at radius 2 is 2.11 bits per heavy atom. The highest BCUT2D eigenvalue weighted by atomic mass is 35.5. The van der Waals surface area contributed by atoms with Crippen LogP contribution in [0, 0.1) is 6.92 Å². The molecule has 6 heteroatoms. The zero-order valence-corrected chi connectivity index (χ0v) is 17.1. The predicted molar refractivity (Wildman–Crippen MR) is 115 cm³/mol. The summed E-state index contributed by atoms with van der Waals surface area (Å²) in [6.45, 7) is 4.64. The molecule has 0 saturated heterocycles. The van der Waals surface area contributed by atoms with Crippen LogP contribution < -0.4 is 0 Å². The quantitative estimate of drug-likeness (QED) is 0.434. The number of aromatic nitrogens is 3. The summed E-state index contributed by atoms with van der Waals surface area (Å²) in [4.78, 5) is 17.5. The third-order valence-corrected chi connectivity index (χ3v) is 6.34. The van der Waals surface area contributed by atoms with Gasteiger partial charge in [0.15, 0.2) is 5.82 Å². The lowest BCUT2D eigenvalue weighted by Gasteiger charge is -2.28. The molecule has 0 fully saturated rings. The van der Waals surface area contributed by atoms with E-state index in [4.69, 9.17) is 16.6 Å². The second-order valence-electron chi connectivity index (χ2n) is 7.24. The van der Waals surface area contributed by atoms with Gasteiger partial charge >= 0.3 is 0 Å². The molecule has 4 aromatic rings. The summed E-state index contributed by atoms with van der Waals surface area (Å²) in [5.74, 6) is 0.833. The van der Waals surface area contributed by atoms with E-state index in [1.54, 1.807) is 11.3 Å². The Morgan fingerprint density at radius 3 is 2.96 bits per heavy atom. The number of hydrogen-bond donors (Lipinski definition) is 0. The summed E-state index contributed by atoms with van der Waals surface area (Å²) in [7, 11) is 0. The highest BCUT2D eigenvalue weighted by molar-refractivity contribution is 7.13. The SMILES string of the molecule is Cc1ccc2cc(CN3CCc4nc(-c5cccs5)ncc4C3)c(Cl)nc2c1. The molecule has 5 rings (SSSR count). The minimum atomic E-state index is 0.591. The van der Waals surface area contributed by atoms with Crippen LogP contribution in [0.5, 0.6) is 0 Å². The third-order valence-electron chi connectivity index (χ3n) is 5.15. The Morgan fingerprint density at radius 1 is 1.18 bits per heavy atom. The lowest BCUT2D eigenvalue weighted by Crippen LogP contribution is -2.31. The number of thiophene rings is 1. The van der Waals surface area contributed by atoms with E-state index in [1.165, 1.54) is 11.1 Å². The number of pyridine rings is 1. The largest absolute Gasteiger partial charge is 0.294 e. The Balaban J connectivity index is 1.37. The molecular formula is C22H19ClN4S. The van der Waals surface area contributed by atoms with E-state index >= 15 is 0 Å². The first kappa shape index (κ1) is 17.7. The average Bonchev–Trinajstić information content (AvgIpc) is 3.23. The lowest BCUT2D eigenvalue weighted by atomic mass is 10.1. The van der Waals surface area contributed by atoms with Gasteiger partial charge in [0.2, 0.25) is 0 Å². The van der Waals surface area contributed by atoms with Gasteiger partial charge in [-0.15, -0.1) is 11.3 Å². The molecule has 140 valence electrons. The molecule has 0 N–H and O–H groups in total. The number of halogens is 1. The van der Waals surface area contributed by atoms with Crippen LogP contribution in [0.1, 0.15) is 22.4 Å². The van der Waals surface area contributed by atoms with Crippen molar-refractivity contribution in [3.05, 3.63) is 75.5 Å². The van der Waals surface area contributed by atoms with Gasteiger partial charge in [-0.1, -0.05) is 29.8 Å².